The quantitative estimate of drug-likeness (QED) is 0.491. The fourth-order valence-corrected chi connectivity index (χ4v) is 0.684. The van der Waals surface area contributed by atoms with E-state index < -0.39 is 0 Å². The Morgan fingerprint density at radius 1 is 0.600 bits per heavy atom. The molecule has 0 aliphatic carbocycles. The van der Waals surface area contributed by atoms with E-state index in [1.165, 1.54) is 0 Å². The van der Waals surface area contributed by atoms with Crippen molar-refractivity contribution in [2.75, 3.05) is 0 Å². The Bertz CT molecular complexity index is 181. The zero-order valence-electron chi connectivity index (χ0n) is 9.19. The molecule has 0 saturated carbocycles. The molecule has 2 aromatic carbocycles. The molecule has 0 heterocycles. The normalized spacial score (nSPS) is 6.80. The SMILES string of the molecule is [CH2-]C.[Zn].[c-]1ccccc1.[c-]1ccccc1. The molecule has 0 atom stereocenters. The molecular weight excluding hydrogens is 234 g/mol. The Kier molecular flexibility index (Phi) is 17.1. The van der Waals surface area contributed by atoms with Crippen molar-refractivity contribution in [3.63, 3.8) is 0 Å². The van der Waals surface area contributed by atoms with Crippen molar-refractivity contribution < 1.29 is 19.5 Å². The van der Waals surface area contributed by atoms with Crippen LogP contribution >= 0.6 is 0 Å². The summed E-state index contributed by atoms with van der Waals surface area (Å²) in [6, 6.07) is 25.0. The monoisotopic (exact) mass is 247 g/mol. The second-order valence-corrected chi connectivity index (χ2v) is 2.15. The van der Waals surface area contributed by atoms with Crippen molar-refractivity contribution in [2.45, 2.75) is 6.92 Å². The van der Waals surface area contributed by atoms with Crippen molar-refractivity contribution in [1.82, 2.24) is 0 Å². The average molecular weight is 249 g/mol. The second-order valence-electron chi connectivity index (χ2n) is 2.15. The molecule has 0 nitrogen and oxygen atoms in total. The first-order chi connectivity index (χ1) is 7.00. The zero-order chi connectivity index (χ0) is 10.5. The molecule has 76 valence electrons. The Morgan fingerprint density at radius 2 is 0.867 bits per heavy atom. The second kappa shape index (κ2) is 15.5. The van der Waals surface area contributed by atoms with Gasteiger partial charge < -0.3 is 6.92 Å². The molecule has 0 radical (unpaired) electrons. The molecule has 0 aromatic heterocycles. The predicted molar refractivity (Wildman–Crippen MR) is 61.6 cm³/mol. The van der Waals surface area contributed by atoms with Crippen LogP contribution in [0, 0.1) is 19.1 Å². The van der Waals surface area contributed by atoms with Crippen LogP contribution in [-0.2, 0) is 19.5 Å². The maximum absolute atomic E-state index is 3.25. The molecule has 0 amide bonds. The van der Waals surface area contributed by atoms with Crippen molar-refractivity contribution in [1.29, 1.82) is 0 Å². The third-order valence-electron chi connectivity index (χ3n) is 1.21. The summed E-state index contributed by atoms with van der Waals surface area (Å²) >= 11 is 0. The molecule has 15 heavy (non-hydrogen) atoms. The molecule has 0 spiro atoms. The smallest absolute Gasteiger partial charge is 0 e. The summed E-state index contributed by atoms with van der Waals surface area (Å²) in [4.78, 5) is 0. The van der Waals surface area contributed by atoms with Crippen LogP contribution in [0.5, 0.6) is 0 Å². The van der Waals surface area contributed by atoms with Gasteiger partial charge >= 0.3 is 0 Å². The van der Waals surface area contributed by atoms with Gasteiger partial charge in [-0.05, 0) is 0 Å². The minimum atomic E-state index is 0. The Hall–Kier alpha value is -0.937. The Morgan fingerprint density at radius 3 is 0.933 bits per heavy atom. The third kappa shape index (κ3) is 13.1. The first-order valence-corrected chi connectivity index (χ1v) is 4.53. The summed E-state index contributed by atoms with van der Waals surface area (Å²) in [7, 11) is 0. The van der Waals surface area contributed by atoms with E-state index in [2.05, 4.69) is 19.1 Å². The number of rotatable bonds is 0. The van der Waals surface area contributed by atoms with Gasteiger partial charge in [-0.25, -0.2) is 0 Å². The fourth-order valence-electron chi connectivity index (χ4n) is 0.684. The van der Waals surface area contributed by atoms with Gasteiger partial charge in [0.1, 0.15) is 0 Å². The van der Waals surface area contributed by atoms with Gasteiger partial charge in [0.2, 0.25) is 0 Å². The molecule has 0 unspecified atom stereocenters. The van der Waals surface area contributed by atoms with E-state index >= 15 is 0 Å². The summed E-state index contributed by atoms with van der Waals surface area (Å²) in [5, 5.41) is 0. The van der Waals surface area contributed by atoms with Crippen molar-refractivity contribution in [3.8, 4) is 0 Å². The zero-order valence-corrected chi connectivity index (χ0v) is 12.2. The van der Waals surface area contributed by atoms with Gasteiger partial charge in [0.15, 0.2) is 0 Å². The molecular formula is C14H15Zn-3. The van der Waals surface area contributed by atoms with Gasteiger partial charge in [-0.2, -0.15) is 79.7 Å². The minimum Gasteiger partial charge on any atom is -0.346 e. The van der Waals surface area contributed by atoms with E-state index in [0.717, 1.165) is 0 Å². The van der Waals surface area contributed by atoms with Crippen molar-refractivity contribution in [2.24, 2.45) is 0 Å². The molecule has 2 aromatic rings. The van der Waals surface area contributed by atoms with E-state index in [4.69, 9.17) is 0 Å². The maximum Gasteiger partial charge on any atom is 0 e. The summed E-state index contributed by atoms with van der Waals surface area (Å²) < 4.78 is 0. The van der Waals surface area contributed by atoms with E-state index in [9.17, 15) is 0 Å². The Balaban J connectivity index is 0. The van der Waals surface area contributed by atoms with Crippen LogP contribution in [0.2, 0.25) is 0 Å². The molecule has 0 fully saturated rings. The molecule has 2 rings (SSSR count). The molecule has 0 aliphatic rings. The van der Waals surface area contributed by atoms with Crippen molar-refractivity contribution in [3.05, 3.63) is 79.7 Å². The van der Waals surface area contributed by atoms with Gasteiger partial charge in [0.25, 0.3) is 0 Å². The topological polar surface area (TPSA) is 0 Å². The van der Waals surface area contributed by atoms with Crippen LogP contribution in [0.3, 0.4) is 0 Å². The van der Waals surface area contributed by atoms with E-state index in [1.807, 2.05) is 60.7 Å². The van der Waals surface area contributed by atoms with E-state index in [-0.39, 0.29) is 19.5 Å². The van der Waals surface area contributed by atoms with Gasteiger partial charge in [-0.15, -0.1) is 0 Å². The summed E-state index contributed by atoms with van der Waals surface area (Å²) in [5.41, 5.74) is 0. The van der Waals surface area contributed by atoms with Crippen LogP contribution in [0.15, 0.2) is 60.7 Å². The van der Waals surface area contributed by atoms with E-state index in [1.54, 1.807) is 6.92 Å². The van der Waals surface area contributed by atoms with Gasteiger partial charge in [0, 0.05) is 19.5 Å². The maximum atomic E-state index is 3.25. The standard InChI is InChI=1S/2C6H5.C2H5.Zn/c2*1-2-4-6-5-3-1;1-2;/h2*1-5H;1H2,2H3;/q3*-1;. The average Bonchev–Trinajstić information content (AvgIpc) is 2.37. The summed E-state index contributed by atoms with van der Waals surface area (Å²) in [6.07, 6.45) is 0. The molecule has 0 saturated heterocycles. The third-order valence-corrected chi connectivity index (χ3v) is 1.21. The van der Waals surface area contributed by atoms with E-state index in [0.29, 0.717) is 0 Å². The van der Waals surface area contributed by atoms with Crippen LogP contribution in [-0.4, -0.2) is 0 Å². The Labute approximate surface area is 106 Å². The minimum absolute atomic E-state index is 0. The fraction of sp³-hybridized carbons (Fsp3) is 0.0714. The predicted octanol–water partition coefficient (Wildman–Crippen LogP) is 3.81. The number of hydrogen-bond acceptors (Lipinski definition) is 0. The van der Waals surface area contributed by atoms with Gasteiger partial charge in [-0.1, -0.05) is 0 Å². The van der Waals surface area contributed by atoms with Crippen LogP contribution in [0.4, 0.5) is 0 Å². The number of benzene rings is 2. The summed E-state index contributed by atoms with van der Waals surface area (Å²) in [5.74, 6) is 0. The molecule has 0 N–H and O–H groups in total. The van der Waals surface area contributed by atoms with Gasteiger partial charge in [-0.3, -0.25) is 0 Å². The van der Waals surface area contributed by atoms with Crippen molar-refractivity contribution >= 4 is 0 Å². The van der Waals surface area contributed by atoms with Crippen LogP contribution < -0.4 is 0 Å². The summed E-state index contributed by atoms with van der Waals surface area (Å²) in [6.45, 7) is 5.00. The largest absolute Gasteiger partial charge is 0.346 e. The first-order valence-electron chi connectivity index (χ1n) is 4.53. The molecule has 0 bridgehead atoms. The van der Waals surface area contributed by atoms with Crippen LogP contribution in [0.25, 0.3) is 0 Å². The first kappa shape index (κ1) is 16.5. The molecule has 1 heteroatoms. The molecule has 0 aliphatic heterocycles. The number of hydrogen-bond donors (Lipinski definition) is 0. The van der Waals surface area contributed by atoms with Crippen LogP contribution in [0.1, 0.15) is 6.92 Å². The van der Waals surface area contributed by atoms with Gasteiger partial charge in [0.05, 0.1) is 0 Å².